The highest BCUT2D eigenvalue weighted by atomic mass is 79.9. The van der Waals surface area contributed by atoms with Crippen LogP contribution in [0.4, 0.5) is 11.4 Å². The first kappa shape index (κ1) is 18.9. The van der Waals surface area contributed by atoms with Crippen molar-refractivity contribution < 1.29 is 14.5 Å². The predicted octanol–water partition coefficient (Wildman–Crippen LogP) is 4.79. The Kier molecular flexibility index (Phi) is 5.43. The van der Waals surface area contributed by atoms with Crippen LogP contribution in [0.3, 0.4) is 0 Å². The first-order valence-corrected chi connectivity index (χ1v) is 8.72. The molecule has 2 aromatic carbocycles. The Morgan fingerprint density at radius 2 is 1.96 bits per heavy atom. The smallest absolute Gasteiger partial charge is 0.275 e. The van der Waals surface area contributed by atoms with E-state index < -0.39 is 10.8 Å². The van der Waals surface area contributed by atoms with Crippen LogP contribution in [0.1, 0.15) is 10.5 Å². The average Bonchev–Trinajstić information content (AvgIpc) is 2.95. The molecule has 3 rings (SSSR count). The third-order valence-corrected chi connectivity index (χ3v) is 4.35. The fraction of sp³-hybridized carbons (Fsp3) is 0.0588. The van der Waals surface area contributed by atoms with Crippen LogP contribution in [0.5, 0.6) is 11.5 Å². The number of carbonyl (C=O) groups is 1. The molecule has 0 saturated heterocycles. The summed E-state index contributed by atoms with van der Waals surface area (Å²) in [6.07, 6.45) is 1.48. The van der Waals surface area contributed by atoms with Gasteiger partial charge in [0.05, 0.1) is 27.3 Å². The second-order valence-corrected chi connectivity index (χ2v) is 6.74. The number of nitrogens with zero attached hydrogens (tertiary/aromatic N) is 3. The molecule has 0 spiro atoms. The molecule has 0 atom stereocenters. The van der Waals surface area contributed by atoms with Gasteiger partial charge in [0.25, 0.3) is 11.6 Å². The lowest BCUT2D eigenvalue weighted by molar-refractivity contribution is -0.384. The van der Waals surface area contributed by atoms with Crippen LogP contribution >= 0.6 is 27.5 Å². The van der Waals surface area contributed by atoms with E-state index in [-0.39, 0.29) is 22.8 Å². The molecule has 0 bridgehead atoms. The van der Waals surface area contributed by atoms with E-state index in [1.165, 1.54) is 29.1 Å². The molecular weight excluding hydrogens is 440 g/mol. The Bertz CT molecular complexity index is 1000. The van der Waals surface area contributed by atoms with Gasteiger partial charge in [0.2, 0.25) is 0 Å². The Labute approximate surface area is 167 Å². The van der Waals surface area contributed by atoms with E-state index in [0.717, 1.165) is 0 Å². The largest absolute Gasteiger partial charge is 0.457 e. The van der Waals surface area contributed by atoms with Gasteiger partial charge in [0.1, 0.15) is 17.2 Å². The molecular formula is C17H12BrClN4O4. The highest BCUT2D eigenvalue weighted by molar-refractivity contribution is 9.10. The minimum atomic E-state index is -0.565. The molecule has 1 amide bonds. The summed E-state index contributed by atoms with van der Waals surface area (Å²) in [4.78, 5) is 23.1. The van der Waals surface area contributed by atoms with Crippen LogP contribution in [0.2, 0.25) is 5.02 Å². The number of carbonyl (C=O) groups excluding carboxylic acids is 1. The molecule has 3 aromatic rings. The third kappa shape index (κ3) is 4.44. The van der Waals surface area contributed by atoms with Crippen molar-refractivity contribution in [2.75, 3.05) is 5.32 Å². The zero-order valence-corrected chi connectivity index (χ0v) is 16.2. The monoisotopic (exact) mass is 450 g/mol. The third-order valence-electron chi connectivity index (χ3n) is 3.52. The topological polar surface area (TPSA) is 99.3 Å². The van der Waals surface area contributed by atoms with Gasteiger partial charge in [-0.15, -0.1) is 0 Å². The van der Waals surface area contributed by atoms with Crippen molar-refractivity contribution >= 4 is 44.8 Å². The number of nitro benzene ring substituents is 1. The number of benzene rings is 2. The Balaban J connectivity index is 1.90. The summed E-state index contributed by atoms with van der Waals surface area (Å²) < 4.78 is 7.54. The molecule has 0 aliphatic heterocycles. The van der Waals surface area contributed by atoms with E-state index in [0.29, 0.717) is 15.2 Å². The van der Waals surface area contributed by atoms with Crippen molar-refractivity contribution in [1.29, 1.82) is 0 Å². The summed E-state index contributed by atoms with van der Waals surface area (Å²) in [5.74, 6) is 0.178. The molecule has 0 aliphatic rings. The normalized spacial score (nSPS) is 10.5. The molecule has 0 unspecified atom stereocenters. The van der Waals surface area contributed by atoms with Gasteiger partial charge in [0.15, 0.2) is 0 Å². The second-order valence-electron chi connectivity index (χ2n) is 5.45. The molecule has 1 N–H and O–H groups in total. The first-order valence-electron chi connectivity index (χ1n) is 7.55. The second kappa shape index (κ2) is 7.77. The summed E-state index contributed by atoms with van der Waals surface area (Å²) in [6, 6.07) is 10.5. The van der Waals surface area contributed by atoms with Gasteiger partial charge in [-0.2, -0.15) is 5.10 Å². The Morgan fingerprint density at radius 1 is 1.26 bits per heavy atom. The van der Waals surface area contributed by atoms with Gasteiger partial charge in [-0.25, -0.2) is 0 Å². The lowest BCUT2D eigenvalue weighted by atomic mass is 10.2. The van der Waals surface area contributed by atoms with Gasteiger partial charge in [-0.05, 0) is 40.2 Å². The van der Waals surface area contributed by atoms with Gasteiger partial charge in [-0.3, -0.25) is 19.6 Å². The fourth-order valence-electron chi connectivity index (χ4n) is 2.32. The highest BCUT2D eigenvalue weighted by Gasteiger charge is 2.18. The highest BCUT2D eigenvalue weighted by Crippen LogP contribution is 2.30. The number of aryl methyl sites for hydroxylation is 1. The average molecular weight is 452 g/mol. The molecule has 0 fully saturated rings. The van der Waals surface area contributed by atoms with E-state index in [1.807, 2.05) is 0 Å². The lowest BCUT2D eigenvalue weighted by Gasteiger charge is -2.10. The number of hydrogen-bond donors (Lipinski definition) is 1. The van der Waals surface area contributed by atoms with Gasteiger partial charge >= 0.3 is 0 Å². The van der Waals surface area contributed by atoms with Crippen LogP contribution in [0, 0.1) is 10.1 Å². The molecule has 1 aromatic heterocycles. The Hall–Kier alpha value is -2.91. The summed E-state index contributed by atoms with van der Waals surface area (Å²) >= 11 is 9.08. The number of ether oxygens (including phenoxy) is 1. The van der Waals surface area contributed by atoms with Crippen molar-refractivity contribution in [2.45, 2.75) is 0 Å². The van der Waals surface area contributed by atoms with Crippen molar-refractivity contribution in [2.24, 2.45) is 7.05 Å². The zero-order chi connectivity index (χ0) is 19.6. The zero-order valence-electron chi connectivity index (χ0n) is 13.8. The minimum Gasteiger partial charge on any atom is -0.457 e. The molecule has 27 heavy (non-hydrogen) atoms. The van der Waals surface area contributed by atoms with Crippen LogP contribution in [0.25, 0.3) is 0 Å². The number of halogens is 2. The lowest BCUT2D eigenvalue weighted by Crippen LogP contribution is -2.16. The standard InChI is InChI=1S/C17H12BrClN4O4/c1-22-16(15(18)9-20-22)17(24)21-11-6-12(23(25)26)8-14(7-11)27-13-4-2-10(19)3-5-13/h2-9H,1H3,(H,21,24). The van der Waals surface area contributed by atoms with Gasteiger partial charge < -0.3 is 10.1 Å². The van der Waals surface area contributed by atoms with Crippen LogP contribution in [-0.2, 0) is 7.05 Å². The van der Waals surface area contributed by atoms with Crippen molar-refractivity contribution in [3.05, 3.63) is 74.0 Å². The molecule has 0 aliphatic carbocycles. The Morgan fingerprint density at radius 3 is 2.56 bits per heavy atom. The first-order chi connectivity index (χ1) is 12.8. The molecule has 1 heterocycles. The predicted molar refractivity (Wildman–Crippen MR) is 103 cm³/mol. The maximum atomic E-state index is 12.5. The molecule has 0 saturated carbocycles. The van der Waals surface area contributed by atoms with E-state index >= 15 is 0 Å². The van der Waals surface area contributed by atoms with E-state index in [9.17, 15) is 14.9 Å². The van der Waals surface area contributed by atoms with Crippen LogP contribution in [-0.4, -0.2) is 20.6 Å². The number of aromatic nitrogens is 2. The quantitative estimate of drug-likeness (QED) is 0.444. The van der Waals surface area contributed by atoms with Gasteiger partial charge in [0, 0.05) is 24.2 Å². The van der Waals surface area contributed by atoms with Gasteiger partial charge in [-0.1, -0.05) is 11.6 Å². The van der Waals surface area contributed by atoms with E-state index in [1.54, 1.807) is 31.3 Å². The van der Waals surface area contributed by atoms with Crippen molar-refractivity contribution in [3.8, 4) is 11.5 Å². The van der Waals surface area contributed by atoms with Crippen LogP contribution < -0.4 is 10.1 Å². The number of hydrogen-bond acceptors (Lipinski definition) is 5. The fourth-order valence-corrected chi connectivity index (χ4v) is 2.97. The SMILES string of the molecule is Cn1ncc(Br)c1C(=O)Nc1cc(Oc2ccc(Cl)cc2)cc([N+](=O)[O-])c1. The molecule has 10 heteroatoms. The number of nitrogens with one attached hydrogen (secondary N) is 1. The van der Waals surface area contributed by atoms with Crippen molar-refractivity contribution in [3.63, 3.8) is 0 Å². The minimum absolute atomic E-state index is 0.200. The molecule has 138 valence electrons. The molecule has 8 nitrogen and oxygen atoms in total. The number of nitro groups is 1. The summed E-state index contributed by atoms with van der Waals surface area (Å²) in [6.45, 7) is 0. The van der Waals surface area contributed by atoms with Crippen molar-refractivity contribution in [1.82, 2.24) is 9.78 Å². The maximum absolute atomic E-state index is 12.5. The van der Waals surface area contributed by atoms with E-state index in [4.69, 9.17) is 16.3 Å². The van der Waals surface area contributed by atoms with E-state index in [2.05, 4.69) is 26.3 Å². The molecule has 0 radical (unpaired) electrons. The number of rotatable bonds is 5. The number of amides is 1. The summed E-state index contributed by atoms with van der Waals surface area (Å²) in [5.41, 5.74) is 0.272. The number of anilines is 1. The summed E-state index contributed by atoms with van der Waals surface area (Å²) in [5, 5.41) is 18.4. The van der Waals surface area contributed by atoms with Crippen LogP contribution in [0.15, 0.2) is 53.1 Å². The summed E-state index contributed by atoms with van der Waals surface area (Å²) in [7, 11) is 1.61. The maximum Gasteiger partial charge on any atom is 0.275 e. The number of non-ortho nitro benzene ring substituents is 1.